The van der Waals surface area contributed by atoms with Crippen LogP contribution < -0.4 is 5.32 Å². The van der Waals surface area contributed by atoms with E-state index in [4.69, 9.17) is 0 Å². The molecule has 0 aliphatic carbocycles. The minimum absolute atomic E-state index is 0.0626. The van der Waals surface area contributed by atoms with Crippen molar-refractivity contribution in [1.82, 2.24) is 10.2 Å². The molecule has 17 heavy (non-hydrogen) atoms. The maximum atomic E-state index is 12.3. The molecule has 1 amide bonds. The van der Waals surface area contributed by atoms with Crippen LogP contribution in [0.25, 0.3) is 0 Å². The standard InChI is InChI=1S/C12H15IN2O2/c13-9-2-3-11(16)10(8-9)12(17)15-6-1-4-14-5-7-15/h2-3,8,14,16H,1,4-7H2. The molecule has 4 nitrogen and oxygen atoms in total. The molecular formula is C12H15IN2O2. The highest BCUT2D eigenvalue weighted by Crippen LogP contribution is 2.21. The molecular weight excluding hydrogens is 331 g/mol. The first-order valence-electron chi connectivity index (χ1n) is 5.67. The Balaban J connectivity index is 2.20. The average molecular weight is 346 g/mol. The van der Waals surface area contributed by atoms with Gasteiger partial charge in [0.2, 0.25) is 0 Å². The van der Waals surface area contributed by atoms with Gasteiger partial charge in [0, 0.05) is 23.2 Å². The van der Waals surface area contributed by atoms with Crippen molar-refractivity contribution in [2.45, 2.75) is 6.42 Å². The second kappa shape index (κ2) is 5.68. The van der Waals surface area contributed by atoms with Crippen LogP contribution in [0.1, 0.15) is 16.8 Å². The number of nitrogens with one attached hydrogen (secondary N) is 1. The largest absolute Gasteiger partial charge is 0.507 e. The van der Waals surface area contributed by atoms with Gasteiger partial charge < -0.3 is 15.3 Å². The fourth-order valence-electron chi connectivity index (χ4n) is 1.90. The average Bonchev–Trinajstić information content (AvgIpc) is 2.60. The molecule has 2 rings (SSSR count). The topological polar surface area (TPSA) is 52.6 Å². The fourth-order valence-corrected chi connectivity index (χ4v) is 2.39. The summed E-state index contributed by atoms with van der Waals surface area (Å²) < 4.78 is 0.955. The number of carbonyl (C=O) groups is 1. The van der Waals surface area contributed by atoms with Crippen molar-refractivity contribution < 1.29 is 9.90 Å². The van der Waals surface area contributed by atoms with Crippen LogP contribution in [-0.2, 0) is 0 Å². The van der Waals surface area contributed by atoms with E-state index in [0.29, 0.717) is 12.1 Å². The van der Waals surface area contributed by atoms with E-state index < -0.39 is 0 Å². The number of phenolic OH excluding ortho intramolecular Hbond substituents is 1. The zero-order valence-electron chi connectivity index (χ0n) is 9.45. The van der Waals surface area contributed by atoms with Gasteiger partial charge >= 0.3 is 0 Å². The molecule has 1 aliphatic heterocycles. The van der Waals surface area contributed by atoms with Gasteiger partial charge in [0.05, 0.1) is 5.56 Å². The van der Waals surface area contributed by atoms with Crippen LogP contribution >= 0.6 is 22.6 Å². The Morgan fingerprint density at radius 2 is 2.18 bits per heavy atom. The third kappa shape index (κ3) is 3.10. The molecule has 1 aromatic carbocycles. The smallest absolute Gasteiger partial charge is 0.257 e. The Bertz CT molecular complexity index is 415. The minimum atomic E-state index is -0.0790. The number of carbonyl (C=O) groups excluding carboxylic acids is 1. The highest BCUT2D eigenvalue weighted by Gasteiger charge is 2.19. The quantitative estimate of drug-likeness (QED) is 0.757. The summed E-state index contributed by atoms with van der Waals surface area (Å²) in [5.41, 5.74) is 0.402. The number of nitrogens with zero attached hydrogens (tertiary/aromatic N) is 1. The van der Waals surface area contributed by atoms with E-state index in [1.54, 1.807) is 23.1 Å². The van der Waals surface area contributed by atoms with Gasteiger partial charge in [0.25, 0.3) is 5.91 Å². The van der Waals surface area contributed by atoms with Crippen molar-refractivity contribution >= 4 is 28.5 Å². The second-order valence-corrected chi connectivity index (χ2v) is 5.30. The summed E-state index contributed by atoms with van der Waals surface area (Å²) in [6, 6.07) is 5.10. The van der Waals surface area contributed by atoms with Crippen LogP contribution in [0.2, 0.25) is 0 Å². The van der Waals surface area contributed by atoms with Crippen LogP contribution in [0.4, 0.5) is 0 Å². The van der Waals surface area contributed by atoms with Gasteiger partial charge in [-0.15, -0.1) is 0 Å². The lowest BCUT2D eigenvalue weighted by Crippen LogP contribution is -2.34. The molecule has 1 fully saturated rings. The molecule has 92 valence electrons. The van der Waals surface area contributed by atoms with Gasteiger partial charge in [-0.3, -0.25) is 4.79 Å². The molecule has 0 bridgehead atoms. The summed E-state index contributed by atoms with van der Waals surface area (Å²) in [4.78, 5) is 14.1. The van der Waals surface area contributed by atoms with Crippen LogP contribution in [0, 0.1) is 3.57 Å². The molecule has 2 N–H and O–H groups in total. The van der Waals surface area contributed by atoms with E-state index in [1.807, 2.05) is 0 Å². The van der Waals surface area contributed by atoms with Gasteiger partial charge in [-0.2, -0.15) is 0 Å². The van der Waals surface area contributed by atoms with Crippen molar-refractivity contribution in [3.63, 3.8) is 0 Å². The molecule has 0 spiro atoms. The number of phenols is 1. The van der Waals surface area contributed by atoms with Crippen LogP contribution in [0.5, 0.6) is 5.75 Å². The van der Waals surface area contributed by atoms with Crippen molar-refractivity contribution in [1.29, 1.82) is 0 Å². The predicted molar refractivity (Wildman–Crippen MR) is 74.2 cm³/mol. The summed E-state index contributed by atoms with van der Waals surface area (Å²) in [5.74, 6) is -0.0164. The monoisotopic (exact) mass is 346 g/mol. The summed E-state index contributed by atoms with van der Waals surface area (Å²) in [5, 5.41) is 13.0. The molecule has 0 saturated carbocycles. The number of aromatic hydroxyl groups is 1. The number of hydrogen-bond acceptors (Lipinski definition) is 3. The SMILES string of the molecule is O=C(c1cc(I)ccc1O)N1CCCNCC1. The summed E-state index contributed by atoms with van der Waals surface area (Å²) >= 11 is 2.14. The summed E-state index contributed by atoms with van der Waals surface area (Å²) in [6.45, 7) is 3.21. The normalized spacial score (nSPS) is 16.6. The van der Waals surface area contributed by atoms with Crippen molar-refractivity contribution in [3.05, 3.63) is 27.3 Å². The maximum Gasteiger partial charge on any atom is 0.257 e. The number of amides is 1. The van der Waals surface area contributed by atoms with E-state index in [9.17, 15) is 9.90 Å². The van der Waals surface area contributed by atoms with Gasteiger partial charge in [0.15, 0.2) is 0 Å². The first-order valence-corrected chi connectivity index (χ1v) is 6.75. The molecule has 0 atom stereocenters. The van der Waals surface area contributed by atoms with Gasteiger partial charge in [0.1, 0.15) is 5.75 Å². The summed E-state index contributed by atoms with van der Waals surface area (Å²) in [7, 11) is 0. The van der Waals surface area contributed by atoms with E-state index >= 15 is 0 Å². The highest BCUT2D eigenvalue weighted by atomic mass is 127. The number of hydrogen-bond donors (Lipinski definition) is 2. The van der Waals surface area contributed by atoms with Gasteiger partial charge in [-0.05, 0) is 53.8 Å². The minimum Gasteiger partial charge on any atom is -0.507 e. The Morgan fingerprint density at radius 1 is 1.35 bits per heavy atom. The molecule has 0 radical (unpaired) electrons. The zero-order valence-corrected chi connectivity index (χ0v) is 11.6. The number of halogens is 1. The first-order chi connectivity index (χ1) is 8.18. The number of benzene rings is 1. The van der Waals surface area contributed by atoms with Crippen LogP contribution in [-0.4, -0.2) is 42.1 Å². The lowest BCUT2D eigenvalue weighted by molar-refractivity contribution is 0.0763. The Labute approximate surface area is 114 Å². The second-order valence-electron chi connectivity index (χ2n) is 4.06. The van der Waals surface area contributed by atoms with E-state index in [0.717, 1.165) is 29.6 Å². The highest BCUT2D eigenvalue weighted by molar-refractivity contribution is 14.1. The third-order valence-electron chi connectivity index (χ3n) is 2.82. The van der Waals surface area contributed by atoms with Gasteiger partial charge in [-0.25, -0.2) is 0 Å². The Morgan fingerprint density at radius 3 is 3.00 bits per heavy atom. The lowest BCUT2D eigenvalue weighted by atomic mass is 10.1. The van der Waals surface area contributed by atoms with Crippen molar-refractivity contribution in [2.24, 2.45) is 0 Å². The Hall–Kier alpha value is -0.820. The lowest BCUT2D eigenvalue weighted by Gasteiger charge is -2.20. The van der Waals surface area contributed by atoms with E-state index in [-0.39, 0.29) is 11.7 Å². The molecule has 1 aromatic rings. The molecule has 1 heterocycles. The Kier molecular flexibility index (Phi) is 4.22. The first kappa shape index (κ1) is 12.6. The van der Waals surface area contributed by atoms with Crippen molar-refractivity contribution in [3.8, 4) is 5.75 Å². The van der Waals surface area contributed by atoms with Gasteiger partial charge in [-0.1, -0.05) is 0 Å². The van der Waals surface area contributed by atoms with Crippen LogP contribution in [0.15, 0.2) is 18.2 Å². The zero-order chi connectivity index (χ0) is 12.3. The molecule has 0 aromatic heterocycles. The third-order valence-corrected chi connectivity index (χ3v) is 3.49. The predicted octanol–water partition coefficient (Wildman–Crippen LogP) is 1.43. The molecule has 1 aliphatic rings. The van der Waals surface area contributed by atoms with Crippen LogP contribution in [0.3, 0.4) is 0 Å². The molecule has 0 unspecified atom stereocenters. The number of rotatable bonds is 1. The fraction of sp³-hybridized carbons (Fsp3) is 0.417. The molecule has 5 heteroatoms. The summed E-state index contributed by atoms with van der Waals surface area (Å²) in [6.07, 6.45) is 0.955. The van der Waals surface area contributed by atoms with E-state index in [1.165, 1.54) is 0 Å². The van der Waals surface area contributed by atoms with E-state index in [2.05, 4.69) is 27.9 Å². The maximum absolute atomic E-state index is 12.3. The van der Waals surface area contributed by atoms with Crippen molar-refractivity contribution in [2.75, 3.05) is 26.2 Å². The molecule has 1 saturated heterocycles.